The number of carbonyl (C=O) groups is 3. The standard InChI is InChI=1S/C30H45ClN6O5S2/c1-34(30(40)32-22-7-3-2-4-8-22)23-13-17-35(19-23)20-24-9-5-16-37(24)28(38)21-36-15-6-10-26(29(36)39)33-44(41,42)18-14-25-11-12-27(31)43-25/h11-12,14,18,22-24,26,33H,2-10,13,15-17,19-21H2,1H3,(H,32,40)/b18-14+/t23?,24-,26-/m0/s1. The number of hydrogen-bond donors (Lipinski definition) is 2. The Morgan fingerprint density at radius 1 is 1.05 bits per heavy atom. The lowest BCUT2D eigenvalue weighted by Gasteiger charge is -2.35. The molecule has 1 unspecified atom stereocenters. The summed E-state index contributed by atoms with van der Waals surface area (Å²) in [7, 11) is -1.97. The molecule has 4 amide bonds. The summed E-state index contributed by atoms with van der Waals surface area (Å²) in [5, 5.41) is 4.26. The molecule has 0 spiro atoms. The largest absolute Gasteiger partial charge is 0.337 e. The molecule has 11 nitrogen and oxygen atoms in total. The number of likely N-dealkylation sites (tertiary alicyclic amines) is 3. The summed E-state index contributed by atoms with van der Waals surface area (Å²) in [6.07, 6.45) is 10.9. The lowest BCUT2D eigenvalue weighted by molar-refractivity contribution is -0.143. The molecule has 3 aliphatic heterocycles. The molecule has 1 aromatic rings. The number of halogens is 1. The third-order valence-corrected chi connectivity index (χ3v) is 11.7. The van der Waals surface area contributed by atoms with Gasteiger partial charge in [0.25, 0.3) is 0 Å². The number of nitrogens with one attached hydrogen (secondary N) is 2. The summed E-state index contributed by atoms with van der Waals surface area (Å²) >= 11 is 7.18. The molecule has 1 aromatic heterocycles. The molecule has 3 atom stereocenters. The van der Waals surface area contributed by atoms with Crippen molar-refractivity contribution in [1.29, 1.82) is 0 Å². The first-order valence-electron chi connectivity index (χ1n) is 15.9. The predicted octanol–water partition coefficient (Wildman–Crippen LogP) is 3.32. The van der Waals surface area contributed by atoms with Gasteiger partial charge in [-0.3, -0.25) is 14.5 Å². The van der Waals surface area contributed by atoms with Gasteiger partial charge < -0.3 is 20.0 Å². The fourth-order valence-corrected chi connectivity index (χ4v) is 8.98. The zero-order chi connectivity index (χ0) is 31.3. The number of nitrogens with zero attached hydrogens (tertiary/aromatic N) is 4. The minimum Gasteiger partial charge on any atom is -0.337 e. The molecule has 2 N–H and O–H groups in total. The first-order valence-corrected chi connectivity index (χ1v) is 18.6. The Hall–Kier alpha value is -2.19. The molecule has 14 heteroatoms. The molecule has 5 rings (SSSR count). The maximum absolute atomic E-state index is 13.4. The van der Waals surface area contributed by atoms with Gasteiger partial charge in [0.2, 0.25) is 21.8 Å². The van der Waals surface area contributed by atoms with Crippen molar-refractivity contribution in [2.45, 2.75) is 88.4 Å². The Labute approximate surface area is 270 Å². The SMILES string of the molecule is CN(C(=O)NC1CCCCC1)C1CCN(C[C@@H]2CCCN2C(=O)CN2CCC[C@H](NS(=O)(=O)/C=C/c3ccc(Cl)s3)C2=O)C1. The molecule has 0 radical (unpaired) electrons. The van der Waals surface area contributed by atoms with E-state index >= 15 is 0 Å². The summed E-state index contributed by atoms with van der Waals surface area (Å²) in [4.78, 5) is 47.8. The average Bonchev–Trinajstić information content (AvgIpc) is 3.76. The highest BCUT2D eigenvalue weighted by Gasteiger charge is 2.37. The van der Waals surface area contributed by atoms with E-state index in [1.807, 2.05) is 16.8 Å². The molecule has 4 fully saturated rings. The van der Waals surface area contributed by atoms with Crippen LogP contribution in [-0.2, 0) is 19.6 Å². The van der Waals surface area contributed by atoms with Gasteiger partial charge in [0.15, 0.2) is 0 Å². The van der Waals surface area contributed by atoms with Crippen LogP contribution in [0.15, 0.2) is 17.5 Å². The van der Waals surface area contributed by atoms with Crippen molar-refractivity contribution in [3.8, 4) is 0 Å². The van der Waals surface area contributed by atoms with Crippen LogP contribution in [0.4, 0.5) is 4.79 Å². The van der Waals surface area contributed by atoms with E-state index in [-0.39, 0.29) is 42.5 Å². The molecule has 1 aliphatic carbocycles. The van der Waals surface area contributed by atoms with Crippen LogP contribution in [0.1, 0.15) is 69.1 Å². The summed E-state index contributed by atoms with van der Waals surface area (Å²) in [6, 6.07) is 3.02. The topological polar surface area (TPSA) is 122 Å². The highest BCUT2D eigenvalue weighted by Crippen LogP contribution is 2.25. The highest BCUT2D eigenvalue weighted by molar-refractivity contribution is 7.92. The average molecular weight is 669 g/mol. The van der Waals surface area contributed by atoms with E-state index in [0.29, 0.717) is 35.1 Å². The number of likely N-dealkylation sites (N-methyl/N-ethyl adjacent to an activating group) is 1. The van der Waals surface area contributed by atoms with Gasteiger partial charge in [-0.1, -0.05) is 30.9 Å². The Morgan fingerprint density at radius 2 is 1.82 bits per heavy atom. The van der Waals surface area contributed by atoms with Crippen LogP contribution < -0.4 is 10.0 Å². The second-order valence-electron chi connectivity index (χ2n) is 12.5. The Kier molecular flexibility index (Phi) is 11.3. The predicted molar refractivity (Wildman–Crippen MR) is 173 cm³/mol. The van der Waals surface area contributed by atoms with Crippen molar-refractivity contribution in [2.75, 3.05) is 46.3 Å². The van der Waals surface area contributed by atoms with E-state index in [1.165, 1.54) is 41.6 Å². The molecule has 0 aromatic carbocycles. The van der Waals surface area contributed by atoms with Crippen LogP contribution in [0.25, 0.3) is 6.08 Å². The highest BCUT2D eigenvalue weighted by atomic mass is 35.5. The molecule has 3 saturated heterocycles. The second kappa shape index (κ2) is 14.9. The minimum absolute atomic E-state index is 0.0108. The van der Waals surface area contributed by atoms with Crippen LogP contribution in [-0.4, -0.2) is 116 Å². The molecule has 44 heavy (non-hydrogen) atoms. The fourth-order valence-electron chi connectivity index (χ4n) is 6.91. The van der Waals surface area contributed by atoms with Gasteiger partial charge in [-0.15, -0.1) is 11.3 Å². The number of thiophene rings is 1. The number of rotatable bonds is 10. The van der Waals surface area contributed by atoms with Gasteiger partial charge in [0, 0.05) is 68.2 Å². The lowest BCUT2D eigenvalue weighted by atomic mass is 9.96. The number of amides is 4. The van der Waals surface area contributed by atoms with Crippen molar-refractivity contribution in [2.24, 2.45) is 0 Å². The van der Waals surface area contributed by atoms with E-state index in [2.05, 4.69) is 14.9 Å². The van der Waals surface area contributed by atoms with Crippen molar-refractivity contribution >= 4 is 56.9 Å². The third-order valence-electron chi connectivity index (χ3n) is 9.38. The first-order chi connectivity index (χ1) is 21.1. The second-order valence-corrected chi connectivity index (χ2v) is 15.9. The van der Waals surface area contributed by atoms with Gasteiger partial charge in [-0.25, -0.2) is 13.2 Å². The number of piperidine rings is 1. The smallest absolute Gasteiger partial charge is 0.317 e. The van der Waals surface area contributed by atoms with Crippen molar-refractivity contribution in [3.63, 3.8) is 0 Å². The van der Waals surface area contributed by atoms with Crippen LogP contribution in [0.3, 0.4) is 0 Å². The van der Waals surface area contributed by atoms with Gasteiger partial charge >= 0.3 is 6.03 Å². The van der Waals surface area contributed by atoms with Crippen LogP contribution in [0.5, 0.6) is 0 Å². The van der Waals surface area contributed by atoms with E-state index in [1.54, 1.807) is 12.1 Å². The first kappa shape index (κ1) is 33.2. The Morgan fingerprint density at radius 3 is 2.57 bits per heavy atom. The minimum atomic E-state index is -3.86. The lowest BCUT2D eigenvalue weighted by Crippen LogP contribution is -2.55. The molecular formula is C30H45ClN6O5S2. The summed E-state index contributed by atoms with van der Waals surface area (Å²) in [5.41, 5.74) is 0. The van der Waals surface area contributed by atoms with Gasteiger partial charge in [-0.2, -0.15) is 4.72 Å². The quantitative estimate of drug-likeness (QED) is 0.395. The monoisotopic (exact) mass is 668 g/mol. The maximum atomic E-state index is 13.4. The number of carbonyl (C=O) groups excluding carboxylic acids is 3. The summed E-state index contributed by atoms with van der Waals surface area (Å²) < 4.78 is 28.4. The van der Waals surface area contributed by atoms with E-state index in [4.69, 9.17) is 11.6 Å². The fraction of sp³-hybridized carbons (Fsp3) is 0.700. The third kappa shape index (κ3) is 8.74. The molecule has 1 saturated carbocycles. The van der Waals surface area contributed by atoms with E-state index in [9.17, 15) is 22.8 Å². The normalized spacial score (nSPS) is 25.7. The van der Waals surface area contributed by atoms with E-state index in [0.717, 1.165) is 57.1 Å². The number of urea groups is 1. The molecule has 4 heterocycles. The summed E-state index contributed by atoms with van der Waals surface area (Å²) in [6.45, 7) is 3.44. The zero-order valence-corrected chi connectivity index (χ0v) is 27.8. The van der Waals surface area contributed by atoms with Gasteiger partial charge in [0.05, 0.1) is 10.9 Å². The zero-order valence-electron chi connectivity index (χ0n) is 25.5. The van der Waals surface area contributed by atoms with Gasteiger partial charge in [0.1, 0.15) is 6.04 Å². The maximum Gasteiger partial charge on any atom is 0.317 e. The Balaban J connectivity index is 1.09. The number of sulfonamides is 1. The van der Waals surface area contributed by atoms with Crippen molar-refractivity contribution in [3.05, 3.63) is 26.8 Å². The van der Waals surface area contributed by atoms with Crippen LogP contribution in [0, 0.1) is 0 Å². The van der Waals surface area contributed by atoms with E-state index < -0.39 is 16.1 Å². The summed E-state index contributed by atoms with van der Waals surface area (Å²) in [5.74, 6) is -0.466. The van der Waals surface area contributed by atoms with Crippen molar-refractivity contribution < 1.29 is 22.8 Å². The molecular weight excluding hydrogens is 624 g/mol. The molecule has 0 bridgehead atoms. The van der Waals surface area contributed by atoms with Gasteiger partial charge in [-0.05, 0) is 63.2 Å². The van der Waals surface area contributed by atoms with Crippen LogP contribution >= 0.6 is 22.9 Å². The Bertz CT molecular complexity index is 1320. The molecule has 4 aliphatic rings. The van der Waals surface area contributed by atoms with Crippen LogP contribution in [0.2, 0.25) is 4.34 Å². The van der Waals surface area contributed by atoms with Crippen molar-refractivity contribution in [1.82, 2.24) is 29.6 Å². The number of hydrogen-bond acceptors (Lipinski definition) is 7. The molecule has 244 valence electrons.